The van der Waals surface area contributed by atoms with E-state index in [9.17, 15) is 0 Å². The molecule has 1 fully saturated rings. The van der Waals surface area contributed by atoms with Crippen LogP contribution in [0.2, 0.25) is 0 Å². The summed E-state index contributed by atoms with van der Waals surface area (Å²) in [6.07, 6.45) is 5.26. The highest BCUT2D eigenvalue weighted by molar-refractivity contribution is 5.89. The van der Waals surface area contributed by atoms with Gasteiger partial charge in [-0.2, -0.15) is 5.10 Å². The smallest absolute Gasteiger partial charge is 0.163 e. The second kappa shape index (κ2) is 6.23. The molecule has 3 heterocycles. The van der Waals surface area contributed by atoms with Gasteiger partial charge in [0, 0.05) is 20.1 Å². The first kappa shape index (κ1) is 15.1. The molecule has 1 saturated heterocycles. The average molecular weight is 321 g/mol. The van der Waals surface area contributed by atoms with E-state index in [2.05, 4.69) is 50.3 Å². The average Bonchev–Trinajstić information content (AvgIpc) is 2.91. The van der Waals surface area contributed by atoms with Crippen LogP contribution in [0.1, 0.15) is 24.1 Å². The Kier molecular flexibility index (Phi) is 3.92. The molecule has 1 aliphatic heterocycles. The van der Waals surface area contributed by atoms with Gasteiger partial charge in [-0.3, -0.25) is 4.68 Å². The predicted octanol–water partition coefficient (Wildman–Crippen LogP) is 3.13. The van der Waals surface area contributed by atoms with Crippen LogP contribution in [0.4, 0.5) is 5.82 Å². The Morgan fingerprint density at radius 2 is 1.83 bits per heavy atom. The fraction of sp³-hybridized carbons (Fsp3) is 0.421. The minimum atomic E-state index is 0.760. The molecule has 0 saturated carbocycles. The third-order valence-corrected chi connectivity index (χ3v) is 5.06. The van der Waals surface area contributed by atoms with Crippen molar-refractivity contribution < 1.29 is 0 Å². The molecule has 0 spiro atoms. The zero-order chi connectivity index (χ0) is 16.5. The fourth-order valence-corrected chi connectivity index (χ4v) is 3.79. The van der Waals surface area contributed by atoms with E-state index in [0.717, 1.165) is 41.6 Å². The first-order valence-electron chi connectivity index (χ1n) is 8.65. The third-order valence-electron chi connectivity index (χ3n) is 5.06. The van der Waals surface area contributed by atoms with Crippen LogP contribution < -0.4 is 4.90 Å². The molecule has 5 nitrogen and oxygen atoms in total. The van der Waals surface area contributed by atoms with E-state index in [1.165, 1.54) is 24.8 Å². The molecular weight excluding hydrogens is 298 g/mol. The van der Waals surface area contributed by atoms with Crippen LogP contribution in [0.25, 0.3) is 11.0 Å². The monoisotopic (exact) mass is 321 g/mol. The number of fused-ring (bicyclic) bond motifs is 1. The van der Waals surface area contributed by atoms with Gasteiger partial charge < -0.3 is 4.90 Å². The van der Waals surface area contributed by atoms with Crippen LogP contribution in [-0.2, 0) is 13.5 Å². The Balaban J connectivity index is 1.50. The number of hydrogen-bond donors (Lipinski definition) is 0. The van der Waals surface area contributed by atoms with Gasteiger partial charge in [0.05, 0.1) is 11.1 Å². The summed E-state index contributed by atoms with van der Waals surface area (Å²) in [4.78, 5) is 11.4. The van der Waals surface area contributed by atoms with Gasteiger partial charge in [0.15, 0.2) is 5.65 Å². The quantitative estimate of drug-likeness (QED) is 0.743. The summed E-state index contributed by atoms with van der Waals surface area (Å²) >= 11 is 0. The maximum Gasteiger partial charge on any atom is 0.163 e. The Labute approximate surface area is 142 Å². The van der Waals surface area contributed by atoms with Crippen molar-refractivity contribution in [3.63, 3.8) is 0 Å². The molecule has 5 heteroatoms. The predicted molar refractivity (Wildman–Crippen MR) is 96.1 cm³/mol. The Morgan fingerprint density at radius 1 is 1.08 bits per heavy atom. The van der Waals surface area contributed by atoms with Crippen molar-refractivity contribution in [1.82, 2.24) is 19.7 Å². The maximum atomic E-state index is 4.58. The lowest BCUT2D eigenvalue weighted by Gasteiger charge is -2.33. The van der Waals surface area contributed by atoms with Gasteiger partial charge in [-0.15, -0.1) is 0 Å². The number of benzene rings is 1. The Bertz CT molecular complexity index is 832. The molecule has 24 heavy (non-hydrogen) atoms. The van der Waals surface area contributed by atoms with E-state index >= 15 is 0 Å². The summed E-state index contributed by atoms with van der Waals surface area (Å²) < 4.78 is 1.85. The first-order chi connectivity index (χ1) is 11.7. The van der Waals surface area contributed by atoms with Crippen LogP contribution >= 0.6 is 0 Å². The van der Waals surface area contributed by atoms with Gasteiger partial charge in [-0.1, -0.05) is 30.3 Å². The summed E-state index contributed by atoms with van der Waals surface area (Å²) in [5, 5.41) is 5.60. The first-order valence-corrected chi connectivity index (χ1v) is 8.65. The van der Waals surface area contributed by atoms with Gasteiger partial charge in [-0.05, 0) is 37.7 Å². The SMILES string of the molecule is Cc1nn(C)c2ncnc(N3CCC(Cc4ccccc4)CC3)c12. The Hall–Kier alpha value is -2.43. The van der Waals surface area contributed by atoms with Crippen molar-refractivity contribution >= 4 is 16.9 Å². The molecule has 0 atom stereocenters. The van der Waals surface area contributed by atoms with Crippen LogP contribution in [0.5, 0.6) is 0 Å². The van der Waals surface area contributed by atoms with Gasteiger partial charge in [0.25, 0.3) is 0 Å². The molecule has 0 amide bonds. The summed E-state index contributed by atoms with van der Waals surface area (Å²) in [7, 11) is 1.94. The minimum absolute atomic E-state index is 0.760. The summed E-state index contributed by atoms with van der Waals surface area (Å²) in [6.45, 7) is 4.15. The van der Waals surface area contributed by atoms with Crippen LogP contribution in [0.3, 0.4) is 0 Å². The van der Waals surface area contributed by atoms with Crippen LogP contribution in [0.15, 0.2) is 36.7 Å². The van der Waals surface area contributed by atoms with Crippen molar-refractivity contribution in [3.05, 3.63) is 47.9 Å². The molecule has 0 radical (unpaired) electrons. The molecule has 3 aromatic rings. The lowest BCUT2D eigenvalue weighted by atomic mass is 9.90. The molecule has 0 unspecified atom stereocenters. The van der Waals surface area contributed by atoms with Crippen molar-refractivity contribution in [2.45, 2.75) is 26.2 Å². The van der Waals surface area contributed by atoms with Gasteiger partial charge in [0.1, 0.15) is 12.1 Å². The van der Waals surface area contributed by atoms with E-state index in [-0.39, 0.29) is 0 Å². The number of aryl methyl sites for hydroxylation is 2. The van der Waals surface area contributed by atoms with E-state index in [0.29, 0.717) is 0 Å². The molecule has 1 aliphatic rings. The van der Waals surface area contributed by atoms with Crippen molar-refractivity contribution in [2.75, 3.05) is 18.0 Å². The van der Waals surface area contributed by atoms with Crippen LogP contribution in [0, 0.1) is 12.8 Å². The standard InChI is InChI=1S/C19H23N5/c1-14-17-18(23(2)22-14)20-13-21-19(17)24-10-8-16(9-11-24)12-15-6-4-3-5-7-15/h3-7,13,16H,8-12H2,1-2H3. The van der Waals surface area contributed by atoms with E-state index in [1.54, 1.807) is 6.33 Å². The highest BCUT2D eigenvalue weighted by atomic mass is 15.3. The zero-order valence-electron chi connectivity index (χ0n) is 14.3. The highest BCUT2D eigenvalue weighted by Crippen LogP contribution is 2.30. The zero-order valence-corrected chi connectivity index (χ0v) is 14.3. The van der Waals surface area contributed by atoms with E-state index in [4.69, 9.17) is 0 Å². The largest absolute Gasteiger partial charge is 0.356 e. The lowest BCUT2D eigenvalue weighted by Crippen LogP contribution is -2.35. The maximum absolute atomic E-state index is 4.58. The summed E-state index contributed by atoms with van der Waals surface area (Å²) in [5.41, 5.74) is 3.38. The van der Waals surface area contributed by atoms with E-state index in [1.807, 2.05) is 18.7 Å². The normalized spacial score (nSPS) is 16.0. The van der Waals surface area contributed by atoms with E-state index < -0.39 is 0 Å². The van der Waals surface area contributed by atoms with Crippen LogP contribution in [-0.4, -0.2) is 32.8 Å². The molecule has 0 bridgehead atoms. The minimum Gasteiger partial charge on any atom is -0.356 e. The summed E-state index contributed by atoms with van der Waals surface area (Å²) in [6, 6.07) is 10.8. The second-order valence-corrected chi connectivity index (χ2v) is 6.73. The number of aromatic nitrogens is 4. The fourth-order valence-electron chi connectivity index (χ4n) is 3.79. The molecule has 0 N–H and O–H groups in total. The molecular formula is C19H23N5. The third kappa shape index (κ3) is 2.75. The second-order valence-electron chi connectivity index (χ2n) is 6.73. The van der Waals surface area contributed by atoms with Crippen molar-refractivity contribution in [3.8, 4) is 0 Å². The topological polar surface area (TPSA) is 46.8 Å². The van der Waals surface area contributed by atoms with Gasteiger partial charge in [0.2, 0.25) is 0 Å². The van der Waals surface area contributed by atoms with Crippen molar-refractivity contribution in [2.24, 2.45) is 13.0 Å². The number of anilines is 1. The molecule has 2 aromatic heterocycles. The molecule has 124 valence electrons. The molecule has 4 rings (SSSR count). The summed E-state index contributed by atoms with van der Waals surface area (Å²) in [5.74, 6) is 1.81. The van der Waals surface area contributed by atoms with Gasteiger partial charge >= 0.3 is 0 Å². The number of piperidine rings is 1. The van der Waals surface area contributed by atoms with Crippen molar-refractivity contribution in [1.29, 1.82) is 0 Å². The van der Waals surface area contributed by atoms with Gasteiger partial charge in [-0.25, -0.2) is 9.97 Å². The molecule has 1 aromatic carbocycles. The number of rotatable bonds is 3. The lowest BCUT2D eigenvalue weighted by molar-refractivity contribution is 0.402. The highest BCUT2D eigenvalue weighted by Gasteiger charge is 2.23. The number of hydrogen-bond acceptors (Lipinski definition) is 4. The number of nitrogens with zero attached hydrogens (tertiary/aromatic N) is 5. The molecule has 0 aliphatic carbocycles. The Morgan fingerprint density at radius 3 is 2.58 bits per heavy atom.